The number of nitrogens with one attached hydrogen (secondary N) is 1. The molecule has 1 atom stereocenters. The topological polar surface area (TPSA) is 130 Å². The fraction of sp³-hybridized carbons (Fsp3) is 0.212. The molecule has 0 unspecified atom stereocenters. The molecule has 234 valence electrons. The van der Waals surface area contributed by atoms with Gasteiger partial charge in [-0.3, -0.25) is 24.0 Å². The number of nitro groups is 1. The third kappa shape index (κ3) is 8.51. The minimum atomic E-state index is -4.35. The molecule has 0 radical (unpaired) electrons. The largest absolute Gasteiger partial charge is 0.352 e. The van der Waals surface area contributed by atoms with Crippen LogP contribution in [0.5, 0.6) is 0 Å². The van der Waals surface area contributed by atoms with E-state index in [1.54, 1.807) is 19.9 Å². The van der Waals surface area contributed by atoms with E-state index in [1.807, 2.05) is 30.3 Å². The Morgan fingerprint density at radius 2 is 1.42 bits per heavy atom. The number of benzene rings is 4. The number of anilines is 1. The second-order valence-corrected chi connectivity index (χ2v) is 12.5. The predicted molar refractivity (Wildman–Crippen MR) is 168 cm³/mol. The Labute approximate surface area is 261 Å². The van der Waals surface area contributed by atoms with Gasteiger partial charge in [0, 0.05) is 31.1 Å². The molecule has 4 aromatic carbocycles. The molecular weight excluding hydrogens is 599 g/mol. The number of nitrogens with zero attached hydrogens (tertiary/aromatic N) is 3. The smallest absolute Gasteiger partial charge is 0.269 e. The molecule has 0 spiro atoms. The van der Waals surface area contributed by atoms with E-state index in [-0.39, 0.29) is 35.3 Å². The van der Waals surface area contributed by atoms with Gasteiger partial charge < -0.3 is 10.2 Å². The highest BCUT2D eigenvalue weighted by molar-refractivity contribution is 7.92. The lowest BCUT2D eigenvalue weighted by atomic mass is 10.0. The Balaban J connectivity index is 1.80. The van der Waals surface area contributed by atoms with Gasteiger partial charge in [0.1, 0.15) is 18.4 Å². The number of hydrogen-bond acceptors (Lipinski definition) is 6. The highest BCUT2D eigenvalue weighted by Crippen LogP contribution is 2.27. The number of non-ortho nitro benzene ring substituents is 1. The molecule has 0 aromatic heterocycles. The van der Waals surface area contributed by atoms with Gasteiger partial charge in [-0.25, -0.2) is 12.8 Å². The van der Waals surface area contributed by atoms with E-state index in [9.17, 15) is 32.5 Å². The lowest BCUT2D eigenvalue weighted by Gasteiger charge is -2.34. The van der Waals surface area contributed by atoms with Crippen molar-refractivity contribution in [2.45, 2.75) is 43.8 Å². The minimum Gasteiger partial charge on any atom is -0.352 e. The number of sulfonamides is 1. The lowest BCUT2D eigenvalue weighted by Crippen LogP contribution is -2.54. The molecule has 0 aliphatic heterocycles. The van der Waals surface area contributed by atoms with Gasteiger partial charge in [-0.15, -0.1) is 0 Å². The third-order valence-electron chi connectivity index (χ3n) is 6.93. The molecule has 0 bridgehead atoms. The Morgan fingerprint density at radius 1 is 0.844 bits per heavy atom. The maximum Gasteiger partial charge on any atom is 0.269 e. The zero-order valence-corrected chi connectivity index (χ0v) is 25.6. The van der Waals surface area contributed by atoms with Crippen molar-refractivity contribution in [1.82, 2.24) is 10.2 Å². The Morgan fingerprint density at radius 3 is 1.98 bits per heavy atom. The van der Waals surface area contributed by atoms with Crippen LogP contribution in [0.2, 0.25) is 0 Å². The summed E-state index contributed by atoms with van der Waals surface area (Å²) in [6, 6.07) is 25.5. The molecule has 0 fully saturated rings. The summed E-state index contributed by atoms with van der Waals surface area (Å²) in [5, 5.41) is 14.1. The van der Waals surface area contributed by atoms with Crippen molar-refractivity contribution in [3.8, 4) is 0 Å². The summed E-state index contributed by atoms with van der Waals surface area (Å²) >= 11 is 0. The van der Waals surface area contributed by atoms with E-state index in [0.29, 0.717) is 5.56 Å². The predicted octanol–water partition coefficient (Wildman–Crippen LogP) is 5.09. The highest BCUT2D eigenvalue weighted by Gasteiger charge is 2.35. The van der Waals surface area contributed by atoms with Crippen molar-refractivity contribution in [3.05, 3.63) is 136 Å². The van der Waals surface area contributed by atoms with Crippen LogP contribution < -0.4 is 9.62 Å². The minimum absolute atomic E-state index is 0.0192. The van der Waals surface area contributed by atoms with Gasteiger partial charge in [0.2, 0.25) is 11.8 Å². The van der Waals surface area contributed by atoms with E-state index in [4.69, 9.17) is 0 Å². The second kappa shape index (κ2) is 14.6. The summed E-state index contributed by atoms with van der Waals surface area (Å²) in [4.78, 5) is 39.8. The fourth-order valence-corrected chi connectivity index (χ4v) is 6.15. The monoisotopic (exact) mass is 632 g/mol. The summed E-state index contributed by atoms with van der Waals surface area (Å²) in [6.07, 6.45) is 0.120. The summed E-state index contributed by atoms with van der Waals surface area (Å²) in [6.45, 7) is 2.72. The molecule has 2 amide bonds. The quantitative estimate of drug-likeness (QED) is 0.161. The fourth-order valence-electron chi connectivity index (χ4n) is 4.71. The van der Waals surface area contributed by atoms with Crippen molar-refractivity contribution in [2.24, 2.45) is 0 Å². The molecule has 0 heterocycles. The molecule has 10 nitrogen and oxygen atoms in total. The standard InChI is InChI=1S/C33H33FN4O6S/c1-24(2)35-33(40)31(21-25-9-5-3-6-10-25)36(22-26-13-15-27(34)16-14-26)32(39)23-37(28-17-19-29(20-18-28)38(41)42)45(43,44)30-11-7-4-8-12-30/h3-20,24,31H,21-23H2,1-2H3,(H,35,40)/t31-/m1/s1. The first-order chi connectivity index (χ1) is 21.5. The SMILES string of the molecule is CC(C)NC(=O)[C@@H](Cc1ccccc1)N(Cc1ccc(F)cc1)C(=O)CN(c1ccc([N+](=O)[O-])cc1)S(=O)(=O)c1ccccc1. The number of carbonyl (C=O) groups is 2. The van der Waals surface area contributed by atoms with Crippen molar-refractivity contribution < 1.29 is 27.3 Å². The molecule has 0 aliphatic carbocycles. The first kappa shape index (κ1) is 32.8. The first-order valence-corrected chi connectivity index (χ1v) is 15.6. The van der Waals surface area contributed by atoms with Gasteiger partial charge in [-0.05, 0) is 61.4 Å². The maximum atomic E-state index is 14.3. The average molecular weight is 633 g/mol. The summed E-state index contributed by atoms with van der Waals surface area (Å²) in [5.41, 5.74) is 1.05. The molecule has 4 aromatic rings. The van der Waals surface area contributed by atoms with E-state index in [0.717, 1.165) is 22.0 Å². The molecular formula is C33H33FN4O6S. The van der Waals surface area contributed by atoms with Crippen LogP contribution in [0.3, 0.4) is 0 Å². The Bertz CT molecular complexity index is 1720. The molecule has 4 rings (SSSR count). The average Bonchev–Trinajstić information content (AvgIpc) is 3.03. The highest BCUT2D eigenvalue weighted by atomic mass is 32.2. The number of rotatable bonds is 13. The number of amides is 2. The number of hydrogen-bond donors (Lipinski definition) is 1. The van der Waals surface area contributed by atoms with Gasteiger partial charge in [0.25, 0.3) is 15.7 Å². The number of halogens is 1. The van der Waals surface area contributed by atoms with Crippen LogP contribution in [0.25, 0.3) is 0 Å². The summed E-state index contributed by atoms with van der Waals surface area (Å²) < 4.78 is 42.5. The third-order valence-corrected chi connectivity index (χ3v) is 8.71. The van der Waals surface area contributed by atoms with E-state index in [2.05, 4.69) is 5.32 Å². The van der Waals surface area contributed by atoms with Crippen LogP contribution in [0.15, 0.2) is 114 Å². The van der Waals surface area contributed by atoms with Gasteiger partial charge >= 0.3 is 0 Å². The van der Waals surface area contributed by atoms with Crippen LogP contribution in [-0.2, 0) is 32.6 Å². The lowest BCUT2D eigenvalue weighted by molar-refractivity contribution is -0.384. The first-order valence-electron chi connectivity index (χ1n) is 14.2. The van der Waals surface area contributed by atoms with Crippen LogP contribution in [0.4, 0.5) is 15.8 Å². The molecule has 0 aliphatic rings. The molecule has 1 N–H and O–H groups in total. The molecule has 12 heteroatoms. The Hall–Kier alpha value is -5.10. The van der Waals surface area contributed by atoms with Gasteiger partial charge in [0.15, 0.2) is 0 Å². The molecule has 0 saturated heterocycles. The van der Waals surface area contributed by atoms with Crippen LogP contribution >= 0.6 is 0 Å². The zero-order valence-electron chi connectivity index (χ0n) is 24.7. The summed E-state index contributed by atoms with van der Waals surface area (Å²) in [7, 11) is -4.35. The van der Waals surface area contributed by atoms with Crippen LogP contribution in [-0.4, -0.2) is 48.7 Å². The van der Waals surface area contributed by atoms with Gasteiger partial charge in [0.05, 0.1) is 15.5 Å². The zero-order chi connectivity index (χ0) is 32.6. The van der Waals surface area contributed by atoms with E-state index in [1.165, 1.54) is 65.6 Å². The van der Waals surface area contributed by atoms with Crippen LogP contribution in [0.1, 0.15) is 25.0 Å². The van der Waals surface area contributed by atoms with Crippen molar-refractivity contribution >= 4 is 33.2 Å². The Kier molecular flexibility index (Phi) is 10.6. The van der Waals surface area contributed by atoms with E-state index >= 15 is 0 Å². The van der Waals surface area contributed by atoms with E-state index < -0.39 is 45.2 Å². The van der Waals surface area contributed by atoms with Crippen molar-refractivity contribution in [2.75, 3.05) is 10.8 Å². The molecule has 0 saturated carbocycles. The van der Waals surface area contributed by atoms with Gasteiger partial charge in [-0.1, -0.05) is 60.7 Å². The van der Waals surface area contributed by atoms with Gasteiger partial charge in [-0.2, -0.15) is 0 Å². The van der Waals surface area contributed by atoms with Crippen molar-refractivity contribution in [3.63, 3.8) is 0 Å². The summed E-state index contributed by atoms with van der Waals surface area (Å²) in [5.74, 6) is -1.64. The number of carbonyl (C=O) groups excluding carboxylic acids is 2. The second-order valence-electron chi connectivity index (χ2n) is 10.6. The number of nitro benzene ring substituents is 1. The van der Waals surface area contributed by atoms with Crippen LogP contribution in [0, 0.1) is 15.9 Å². The van der Waals surface area contributed by atoms with Crippen molar-refractivity contribution in [1.29, 1.82) is 0 Å². The molecule has 45 heavy (non-hydrogen) atoms. The maximum absolute atomic E-state index is 14.3. The normalized spacial score (nSPS) is 11.9.